The van der Waals surface area contributed by atoms with Gasteiger partial charge in [-0.1, -0.05) is 0 Å². The van der Waals surface area contributed by atoms with Crippen molar-refractivity contribution in [3.05, 3.63) is 81.9 Å². The van der Waals surface area contributed by atoms with E-state index in [1.807, 2.05) is 0 Å². The van der Waals surface area contributed by atoms with Gasteiger partial charge in [0.2, 0.25) is 0 Å². The zero-order valence-corrected chi connectivity index (χ0v) is 22.0. The average Bonchev–Trinajstić information content (AvgIpc) is 3.13. The zero-order chi connectivity index (χ0) is 20.0. The molecule has 2 aromatic rings. The van der Waals surface area contributed by atoms with E-state index >= 15 is 0 Å². The van der Waals surface area contributed by atoms with E-state index in [0.717, 1.165) is 12.8 Å². The van der Waals surface area contributed by atoms with Gasteiger partial charge in [0.25, 0.3) is 0 Å². The first kappa shape index (κ1) is 25.3. The van der Waals surface area contributed by atoms with Crippen LogP contribution in [0.2, 0.25) is 0 Å². The van der Waals surface area contributed by atoms with E-state index in [9.17, 15) is 0 Å². The van der Waals surface area contributed by atoms with Crippen LogP contribution < -0.4 is 24.8 Å². The Kier molecular flexibility index (Phi) is 8.56. The van der Waals surface area contributed by atoms with Crippen LogP contribution in [0.3, 0.4) is 0 Å². The molecule has 0 saturated carbocycles. The minimum atomic E-state index is -1.67. The number of rotatable bonds is 4. The maximum Gasteiger partial charge on any atom is -1.00 e. The molecule has 0 saturated heterocycles. The Labute approximate surface area is 201 Å². The zero-order valence-electron chi connectivity index (χ0n) is 18.9. The summed E-state index contributed by atoms with van der Waals surface area (Å²) in [4.78, 5) is 0. The SMILES string of the molecule is CCC1=C(C)[CH]([Ti+2](=[C](C)C)[CH]2C(C)=C(CC)c3ccccc32)c2ccccc21.[Cl-].[Cl-]. The van der Waals surface area contributed by atoms with Crippen LogP contribution in [0.25, 0.3) is 11.1 Å². The molecule has 0 amide bonds. The van der Waals surface area contributed by atoms with Crippen molar-refractivity contribution in [2.75, 3.05) is 0 Å². The van der Waals surface area contributed by atoms with Crippen molar-refractivity contribution in [2.45, 2.75) is 62.8 Å². The van der Waals surface area contributed by atoms with E-state index in [2.05, 4.69) is 90.1 Å². The number of hydrogen-bond donors (Lipinski definition) is 0. The molecule has 2 aliphatic carbocycles. The normalized spacial score (nSPS) is 18.8. The van der Waals surface area contributed by atoms with Gasteiger partial charge in [-0.25, -0.2) is 0 Å². The molecule has 30 heavy (non-hydrogen) atoms. The van der Waals surface area contributed by atoms with Gasteiger partial charge >= 0.3 is 177 Å². The molecular weight excluding hydrogens is 443 g/mol. The molecule has 2 aromatic carbocycles. The van der Waals surface area contributed by atoms with Crippen LogP contribution >= 0.6 is 0 Å². The van der Waals surface area contributed by atoms with Gasteiger partial charge in [-0.3, -0.25) is 0 Å². The van der Waals surface area contributed by atoms with E-state index < -0.39 is 17.4 Å². The van der Waals surface area contributed by atoms with Gasteiger partial charge in [0.05, 0.1) is 0 Å². The summed E-state index contributed by atoms with van der Waals surface area (Å²) in [6.07, 6.45) is 2.29. The van der Waals surface area contributed by atoms with Crippen LogP contribution in [-0.4, -0.2) is 3.81 Å². The first-order chi connectivity index (χ1) is 13.5. The van der Waals surface area contributed by atoms with E-state index in [1.165, 1.54) is 11.1 Å². The van der Waals surface area contributed by atoms with Crippen LogP contribution in [0.4, 0.5) is 0 Å². The number of allylic oxidation sites excluding steroid dienone is 4. The molecule has 0 bridgehead atoms. The summed E-state index contributed by atoms with van der Waals surface area (Å²) in [5.74, 6) is 0. The first-order valence-electron chi connectivity index (χ1n) is 10.8. The summed E-state index contributed by atoms with van der Waals surface area (Å²) in [5.41, 5.74) is 12.8. The summed E-state index contributed by atoms with van der Waals surface area (Å²) in [6, 6.07) is 18.5. The van der Waals surface area contributed by atoms with Crippen molar-refractivity contribution in [3.63, 3.8) is 0 Å². The first-order valence-corrected chi connectivity index (χ1v) is 13.3. The van der Waals surface area contributed by atoms with E-state index in [-0.39, 0.29) is 24.8 Å². The van der Waals surface area contributed by atoms with Crippen molar-refractivity contribution in [1.29, 1.82) is 0 Å². The molecule has 4 rings (SSSR count). The molecule has 2 atom stereocenters. The summed E-state index contributed by atoms with van der Waals surface area (Å²) in [7, 11) is 0. The second-order valence-corrected chi connectivity index (χ2v) is 13.3. The van der Waals surface area contributed by atoms with Gasteiger partial charge in [-0.15, -0.1) is 0 Å². The van der Waals surface area contributed by atoms with Crippen LogP contribution in [0.15, 0.2) is 59.7 Å². The summed E-state index contributed by atoms with van der Waals surface area (Å²) < 4.78 is 3.02. The van der Waals surface area contributed by atoms with Crippen LogP contribution in [0, 0.1) is 0 Å². The predicted molar refractivity (Wildman–Crippen MR) is 120 cm³/mol. The van der Waals surface area contributed by atoms with Crippen LogP contribution in [0.5, 0.6) is 0 Å². The molecule has 3 heteroatoms. The minimum Gasteiger partial charge on any atom is -1.00 e. The van der Waals surface area contributed by atoms with E-state index in [4.69, 9.17) is 0 Å². The Hall–Kier alpha value is -0.916. The fourth-order valence-corrected chi connectivity index (χ4v) is 11.9. The van der Waals surface area contributed by atoms with Gasteiger partial charge in [-0.05, 0) is 0 Å². The molecule has 0 N–H and O–H groups in total. The van der Waals surface area contributed by atoms with Gasteiger partial charge in [0, 0.05) is 0 Å². The molecule has 0 aliphatic heterocycles. The number of benzene rings is 2. The Balaban J connectivity index is 0.00000160. The third-order valence-electron chi connectivity index (χ3n) is 6.92. The van der Waals surface area contributed by atoms with Crippen molar-refractivity contribution < 1.29 is 42.2 Å². The minimum absolute atomic E-state index is 0. The standard InChI is InChI=1S/2C12H13.C3H6.2ClH.Ti/c2*1-3-11-9(2)8-10-6-4-5-7-12(10)11;1-3-2;;;/h2*4-8H,3H2,1-2H3;1-2H3;2*1H;/q;;;;;+2/p-2. The fraction of sp³-hybridized carbons (Fsp3) is 0.370. The van der Waals surface area contributed by atoms with Gasteiger partial charge < -0.3 is 24.8 Å². The van der Waals surface area contributed by atoms with Gasteiger partial charge in [-0.2, -0.15) is 0 Å². The molecule has 0 fully saturated rings. The molecule has 0 radical (unpaired) electrons. The second-order valence-electron chi connectivity index (χ2n) is 8.53. The van der Waals surface area contributed by atoms with Crippen LogP contribution in [0.1, 0.15) is 85.1 Å². The monoisotopic (exact) mass is 474 g/mol. The topological polar surface area (TPSA) is 0 Å². The molecule has 0 heterocycles. The smallest absolute Gasteiger partial charge is 1.00 e. The Bertz CT molecular complexity index is 961. The van der Waals surface area contributed by atoms with Crippen LogP contribution in [-0.2, 0) is 17.4 Å². The molecule has 2 aliphatic rings. The average molecular weight is 475 g/mol. The Morgan fingerprint density at radius 1 is 0.700 bits per heavy atom. The number of halogens is 2. The predicted octanol–water partition coefficient (Wildman–Crippen LogP) is 1.70. The number of hydrogen-bond acceptors (Lipinski definition) is 0. The van der Waals surface area contributed by atoms with E-state index in [0.29, 0.717) is 8.45 Å². The van der Waals surface area contributed by atoms with Crippen molar-refractivity contribution >= 4 is 15.0 Å². The summed E-state index contributed by atoms with van der Waals surface area (Å²) >= 11 is -1.67. The van der Waals surface area contributed by atoms with Gasteiger partial charge in [0.1, 0.15) is 0 Å². The fourth-order valence-electron chi connectivity index (χ4n) is 5.77. The summed E-state index contributed by atoms with van der Waals surface area (Å²) in [5, 5.41) is 0. The number of fused-ring (bicyclic) bond motifs is 2. The Morgan fingerprint density at radius 2 is 1.07 bits per heavy atom. The molecular formula is C27H32Cl2Ti. The molecule has 0 spiro atoms. The third kappa shape index (κ3) is 3.86. The largest absolute Gasteiger partial charge is 1.00 e. The molecule has 0 nitrogen and oxygen atoms in total. The second kappa shape index (κ2) is 10.1. The van der Waals surface area contributed by atoms with Crippen molar-refractivity contribution in [2.24, 2.45) is 0 Å². The van der Waals surface area contributed by atoms with Gasteiger partial charge in [0.15, 0.2) is 0 Å². The van der Waals surface area contributed by atoms with Crippen molar-refractivity contribution in [1.82, 2.24) is 0 Å². The van der Waals surface area contributed by atoms with E-state index in [1.54, 1.807) is 37.2 Å². The third-order valence-corrected chi connectivity index (χ3v) is 13.0. The molecule has 2 unspecified atom stereocenters. The van der Waals surface area contributed by atoms with Crippen molar-refractivity contribution in [3.8, 4) is 0 Å². The maximum atomic E-state index is 2.43. The molecule has 158 valence electrons. The quantitative estimate of drug-likeness (QED) is 0.591. The molecule has 0 aromatic heterocycles. The summed E-state index contributed by atoms with van der Waals surface area (Å²) in [6.45, 7) is 14.4. The Morgan fingerprint density at radius 3 is 1.40 bits per heavy atom. The maximum absolute atomic E-state index is 2.43.